The number of nitrogens with zero attached hydrogens (tertiary/aromatic N) is 2. The number of aliphatic hydroxyl groups is 3. The van der Waals surface area contributed by atoms with E-state index in [-0.39, 0.29) is 0 Å². The van der Waals surface area contributed by atoms with Crippen molar-refractivity contribution >= 4 is 5.78 Å². The molecule has 0 aromatic heterocycles. The fourth-order valence-electron chi connectivity index (χ4n) is 1.32. The van der Waals surface area contributed by atoms with Gasteiger partial charge in [0.1, 0.15) is 18.3 Å². The number of Topliss-reactive ketones (excluding diaryl/α,β-unsaturated/α-hetero) is 1. The van der Waals surface area contributed by atoms with E-state index in [0.29, 0.717) is 0 Å². The zero-order valence-corrected chi connectivity index (χ0v) is 6.85. The average molecular weight is 204 g/mol. The lowest BCUT2D eigenvalue weighted by atomic mass is 9.84. The molecule has 4 atom stereocenters. The van der Waals surface area contributed by atoms with E-state index in [1.807, 2.05) is 0 Å². The summed E-state index contributed by atoms with van der Waals surface area (Å²) in [7, 11) is 0. The molecule has 0 saturated heterocycles. The summed E-state index contributed by atoms with van der Waals surface area (Å²) >= 11 is 0. The smallest absolute Gasteiger partial charge is 0.194 e. The molecular formula is C6H8N2O6. The lowest BCUT2D eigenvalue weighted by molar-refractivity contribution is -0.145. The first-order valence-electron chi connectivity index (χ1n) is 3.77. The topological polar surface area (TPSA) is 137 Å². The minimum absolute atomic E-state index is 1.08. The molecule has 1 rings (SSSR count). The van der Waals surface area contributed by atoms with E-state index in [0.717, 1.165) is 0 Å². The molecule has 0 aromatic rings. The molecule has 3 N–H and O–H groups in total. The molecule has 0 amide bonds. The minimum atomic E-state index is -1.80. The summed E-state index contributed by atoms with van der Waals surface area (Å²) < 4.78 is 0. The molecule has 8 nitrogen and oxygen atoms in total. The molecule has 0 spiro atoms. The molecule has 1 fully saturated rings. The van der Waals surface area contributed by atoms with Crippen LogP contribution in [0.25, 0.3) is 0 Å². The first kappa shape index (κ1) is 10.8. The lowest BCUT2D eigenvalue weighted by Crippen LogP contribution is -2.60. The molecule has 1 aliphatic carbocycles. The summed E-state index contributed by atoms with van der Waals surface area (Å²) in [4.78, 5) is 31.4. The third-order valence-electron chi connectivity index (χ3n) is 2.16. The standard InChI is InChI=1S/C6H8N2O6/c9-3-1(7-13)4(10)6(12)5(11)2(3)8-14/h1-2,4-6,10-12H. The Labute approximate surface area is 77.5 Å². The molecule has 8 heteroatoms. The van der Waals surface area contributed by atoms with Crippen LogP contribution in [0.2, 0.25) is 0 Å². The summed E-state index contributed by atoms with van der Waals surface area (Å²) in [5, 5.41) is 31.9. The Morgan fingerprint density at radius 1 is 0.857 bits per heavy atom. The van der Waals surface area contributed by atoms with Gasteiger partial charge in [-0.05, 0) is 0 Å². The van der Waals surface area contributed by atoms with E-state index in [2.05, 4.69) is 10.4 Å². The van der Waals surface area contributed by atoms with Gasteiger partial charge in [-0.15, -0.1) is 9.81 Å². The fourth-order valence-corrected chi connectivity index (χ4v) is 1.32. The Hall–Kier alpha value is -1.25. The van der Waals surface area contributed by atoms with Crippen LogP contribution >= 0.6 is 0 Å². The number of hydrogen-bond donors (Lipinski definition) is 3. The van der Waals surface area contributed by atoms with Crippen molar-refractivity contribution in [3.63, 3.8) is 0 Å². The first-order chi connectivity index (χ1) is 6.54. The van der Waals surface area contributed by atoms with Crippen LogP contribution in [0.4, 0.5) is 0 Å². The maximum atomic E-state index is 11.1. The lowest BCUT2D eigenvalue weighted by Gasteiger charge is -2.32. The van der Waals surface area contributed by atoms with Gasteiger partial charge in [0.15, 0.2) is 17.9 Å². The second-order valence-corrected chi connectivity index (χ2v) is 2.97. The highest BCUT2D eigenvalue weighted by Crippen LogP contribution is 2.22. The van der Waals surface area contributed by atoms with Crippen LogP contribution in [0.15, 0.2) is 10.4 Å². The van der Waals surface area contributed by atoms with Gasteiger partial charge in [-0.2, -0.15) is 0 Å². The molecule has 78 valence electrons. The van der Waals surface area contributed by atoms with Crippen molar-refractivity contribution in [1.29, 1.82) is 0 Å². The highest BCUT2D eigenvalue weighted by molar-refractivity contribution is 5.91. The molecule has 0 radical (unpaired) electrons. The number of rotatable bonds is 2. The molecule has 0 bridgehead atoms. The van der Waals surface area contributed by atoms with E-state index in [1.54, 1.807) is 0 Å². The maximum Gasteiger partial charge on any atom is 0.194 e. The van der Waals surface area contributed by atoms with Crippen LogP contribution in [0.1, 0.15) is 0 Å². The van der Waals surface area contributed by atoms with Gasteiger partial charge in [0, 0.05) is 0 Å². The molecule has 0 aliphatic heterocycles. The Morgan fingerprint density at radius 3 is 1.50 bits per heavy atom. The van der Waals surface area contributed by atoms with Crippen molar-refractivity contribution < 1.29 is 20.1 Å². The van der Waals surface area contributed by atoms with Crippen molar-refractivity contribution in [3.8, 4) is 0 Å². The summed E-state index contributed by atoms with van der Waals surface area (Å²) in [6, 6.07) is -3.51. The molecule has 0 aromatic carbocycles. The first-order valence-corrected chi connectivity index (χ1v) is 3.77. The highest BCUT2D eigenvalue weighted by atomic mass is 16.4. The zero-order chi connectivity index (χ0) is 10.9. The van der Waals surface area contributed by atoms with E-state index < -0.39 is 36.2 Å². The van der Waals surface area contributed by atoms with Gasteiger partial charge in [-0.25, -0.2) is 0 Å². The van der Waals surface area contributed by atoms with Crippen molar-refractivity contribution in [1.82, 2.24) is 0 Å². The monoisotopic (exact) mass is 204 g/mol. The molecule has 1 aliphatic rings. The molecule has 4 unspecified atom stereocenters. The fraction of sp³-hybridized carbons (Fsp3) is 0.833. The number of carbonyl (C=O) groups is 1. The van der Waals surface area contributed by atoms with E-state index in [1.165, 1.54) is 0 Å². The second kappa shape index (κ2) is 3.86. The van der Waals surface area contributed by atoms with Crippen LogP contribution in [-0.2, 0) is 4.79 Å². The van der Waals surface area contributed by atoms with Crippen LogP contribution < -0.4 is 0 Å². The van der Waals surface area contributed by atoms with E-state index in [4.69, 9.17) is 15.3 Å². The Morgan fingerprint density at radius 2 is 1.21 bits per heavy atom. The maximum absolute atomic E-state index is 11.1. The van der Waals surface area contributed by atoms with Crippen LogP contribution in [0.5, 0.6) is 0 Å². The summed E-state index contributed by atoms with van der Waals surface area (Å²) in [5.41, 5.74) is 0. The van der Waals surface area contributed by atoms with Crippen LogP contribution in [-0.4, -0.2) is 51.5 Å². The average Bonchev–Trinajstić information content (AvgIpc) is 2.16. The number of ketones is 1. The molecule has 14 heavy (non-hydrogen) atoms. The quantitative estimate of drug-likeness (QED) is 0.441. The Balaban J connectivity index is 2.99. The predicted octanol–water partition coefficient (Wildman–Crippen LogP) is -2.08. The largest absolute Gasteiger partial charge is 0.388 e. The van der Waals surface area contributed by atoms with Gasteiger partial charge in [0.05, 0.1) is 0 Å². The number of hydrogen-bond acceptors (Lipinski definition) is 8. The summed E-state index contributed by atoms with van der Waals surface area (Å²) in [5.74, 6) is -1.08. The number of carbonyl (C=O) groups excluding carboxylic acids is 1. The van der Waals surface area contributed by atoms with Gasteiger partial charge < -0.3 is 15.3 Å². The van der Waals surface area contributed by atoms with Crippen LogP contribution in [0, 0.1) is 9.81 Å². The summed E-state index contributed by atoms with van der Waals surface area (Å²) in [6.07, 6.45) is -5.38. The van der Waals surface area contributed by atoms with Gasteiger partial charge in [0.25, 0.3) is 0 Å². The molecule has 1 saturated carbocycles. The van der Waals surface area contributed by atoms with E-state index in [9.17, 15) is 14.6 Å². The van der Waals surface area contributed by atoms with E-state index >= 15 is 0 Å². The Kier molecular flexibility index (Phi) is 2.99. The zero-order valence-electron chi connectivity index (χ0n) is 6.85. The molecule has 0 heterocycles. The molecular weight excluding hydrogens is 196 g/mol. The third-order valence-corrected chi connectivity index (χ3v) is 2.16. The van der Waals surface area contributed by atoms with Crippen LogP contribution in [0.3, 0.4) is 0 Å². The minimum Gasteiger partial charge on any atom is -0.388 e. The SMILES string of the molecule is O=NC1C(=O)C(N=O)C(O)C(O)C1O. The number of aliphatic hydroxyl groups excluding tert-OH is 3. The second-order valence-electron chi connectivity index (χ2n) is 2.97. The van der Waals surface area contributed by atoms with Crippen molar-refractivity contribution in [2.24, 2.45) is 10.4 Å². The highest BCUT2D eigenvalue weighted by Gasteiger charge is 2.50. The van der Waals surface area contributed by atoms with Gasteiger partial charge in [-0.3, -0.25) is 4.79 Å². The van der Waals surface area contributed by atoms with Crippen molar-refractivity contribution in [3.05, 3.63) is 9.81 Å². The van der Waals surface area contributed by atoms with Crippen molar-refractivity contribution in [2.45, 2.75) is 30.4 Å². The third kappa shape index (κ3) is 1.43. The van der Waals surface area contributed by atoms with Gasteiger partial charge in [0.2, 0.25) is 0 Å². The normalized spacial score (nSPS) is 43.4. The number of nitroso groups, excluding NO2 is 2. The Bertz CT molecular complexity index is 245. The van der Waals surface area contributed by atoms with Gasteiger partial charge >= 0.3 is 0 Å². The predicted molar refractivity (Wildman–Crippen MR) is 42.2 cm³/mol. The van der Waals surface area contributed by atoms with Crippen molar-refractivity contribution in [2.75, 3.05) is 0 Å². The van der Waals surface area contributed by atoms with Gasteiger partial charge in [-0.1, -0.05) is 10.4 Å². The summed E-state index contributed by atoms with van der Waals surface area (Å²) in [6.45, 7) is 0.